The molecule has 0 spiro atoms. The fraction of sp³-hybridized carbons (Fsp3) is 0.579. The van der Waals surface area contributed by atoms with Crippen LogP contribution in [0.1, 0.15) is 25.7 Å². The monoisotopic (exact) mass is 326 g/mol. The number of hydrogen-bond acceptors (Lipinski definition) is 4. The SMILES string of the molecule is C#CCN1CCC(C(=O)NC2CCN(c3ccccn3)CC2)CC1. The van der Waals surface area contributed by atoms with E-state index in [1.165, 1.54) is 0 Å². The van der Waals surface area contributed by atoms with Gasteiger partial charge in [0.15, 0.2) is 0 Å². The summed E-state index contributed by atoms with van der Waals surface area (Å²) < 4.78 is 0. The summed E-state index contributed by atoms with van der Waals surface area (Å²) in [5.74, 6) is 4.09. The van der Waals surface area contributed by atoms with Crippen molar-refractivity contribution in [3.8, 4) is 12.3 Å². The average Bonchev–Trinajstić information content (AvgIpc) is 2.64. The number of rotatable bonds is 4. The second-order valence-corrected chi connectivity index (χ2v) is 6.71. The van der Waals surface area contributed by atoms with Gasteiger partial charge in [0.1, 0.15) is 5.82 Å². The molecule has 0 radical (unpaired) electrons. The van der Waals surface area contributed by atoms with Crippen LogP contribution in [-0.4, -0.2) is 54.6 Å². The fourth-order valence-corrected chi connectivity index (χ4v) is 3.60. The minimum Gasteiger partial charge on any atom is -0.356 e. The molecule has 5 nitrogen and oxygen atoms in total. The summed E-state index contributed by atoms with van der Waals surface area (Å²) in [4.78, 5) is 21.4. The summed E-state index contributed by atoms with van der Waals surface area (Å²) >= 11 is 0. The quantitative estimate of drug-likeness (QED) is 0.852. The average molecular weight is 326 g/mol. The smallest absolute Gasteiger partial charge is 0.223 e. The van der Waals surface area contributed by atoms with E-state index in [9.17, 15) is 4.79 Å². The number of amides is 1. The molecule has 0 saturated carbocycles. The van der Waals surface area contributed by atoms with Gasteiger partial charge in [0.25, 0.3) is 0 Å². The number of hydrogen-bond donors (Lipinski definition) is 1. The molecule has 2 aliphatic heterocycles. The van der Waals surface area contributed by atoms with Gasteiger partial charge in [-0.1, -0.05) is 12.0 Å². The number of carbonyl (C=O) groups excluding carboxylic acids is 1. The Bertz CT molecular complexity index is 567. The van der Waals surface area contributed by atoms with Gasteiger partial charge in [0, 0.05) is 31.2 Å². The van der Waals surface area contributed by atoms with Gasteiger partial charge in [0.2, 0.25) is 5.91 Å². The summed E-state index contributed by atoms with van der Waals surface area (Å²) in [6, 6.07) is 6.29. The van der Waals surface area contributed by atoms with Crippen molar-refractivity contribution >= 4 is 11.7 Å². The molecule has 2 fully saturated rings. The van der Waals surface area contributed by atoms with Gasteiger partial charge in [-0.05, 0) is 50.9 Å². The highest BCUT2D eigenvalue weighted by Crippen LogP contribution is 2.20. The van der Waals surface area contributed by atoms with Gasteiger partial charge < -0.3 is 10.2 Å². The van der Waals surface area contributed by atoms with Crippen LogP contribution in [0.3, 0.4) is 0 Å². The number of anilines is 1. The Morgan fingerprint density at radius 2 is 1.96 bits per heavy atom. The minimum absolute atomic E-state index is 0.146. The predicted octanol–water partition coefficient (Wildman–Crippen LogP) is 1.51. The molecule has 2 aliphatic rings. The Morgan fingerprint density at radius 3 is 2.58 bits per heavy atom. The van der Waals surface area contributed by atoms with Crippen LogP contribution in [0.5, 0.6) is 0 Å². The third-order valence-electron chi connectivity index (χ3n) is 5.09. The number of pyridine rings is 1. The van der Waals surface area contributed by atoms with Gasteiger partial charge in [-0.15, -0.1) is 6.42 Å². The first kappa shape index (κ1) is 16.8. The zero-order valence-electron chi connectivity index (χ0n) is 14.2. The van der Waals surface area contributed by atoms with Gasteiger partial charge in [0.05, 0.1) is 6.54 Å². The van der Waals surface area contributed by atoms with Crippen molar-refractivity contribution in [2.24, 2.45) is 5.92 Å². The van der Waals surface area contributed by atoms with Crippen LogP contribution >= 0.6 is 0 Å². The molecule has 0 unspecified atom stereocenters. The summed E-state index contributed by atoms with van der Waals surface area (Å²) in [5, 5.41) is 3.26. The van der Waals surface area contributed by atoms with Crippen LogP contribution in [0.2, 0.25) is 0 Å². The standard InChI is InChI=1S/C19H26N4O/c1-2-11-22-12-6-16(7-13-22)19(24)21-17-8-14-23(15-9-17)18-5-3-4-10-20-18/h1,3-5,10,16-17H,6-9,11-15H2,(H,21,24). The molecule has 5 heteroatoms. The number of carbonyl (C=O) groups is 1. The van der Waals surface area contributed by atoms with Crippen molar-refractivity contribution in [3.05, 3.63) is 24.4 Å². The zero-order valence-corrected chi connectivity index (χ0v) is 14.2. The Morgan fingerprint density at radius 1 is 1.21 bits per heavy atom. The van der Waals surface area contributed by atoms with Gasteiger partial charge in [-0.3, -0.25) is 9.69 Å². The van der Waals surface area contributed by atoms with Crippen LogP contribution in [0.15, 0.2) is 24.4 Å². The second kappa shape index (κ2) is 8.16. The molecule has 1 aromatic heterocycles. The Kier molecular flexibility index (Phi) is 5.71. The largest absolute Gasteiger partial charge is 0.356 e. The highest BCUT2D eigenvalue weighted by Gasteiger charge is 2.27. The third-order valence-corrected chi connectivity index (χ3v) is 5.09. The van der Waals surface area contributed by atoms with E-state index < -0.39 is 0 Å². The number of aromatic nitrogens is 1. The third kappa shape index (κ3) is 4.27. The molecule has 0 bridgehead atoms. The van der Waals surface area contributed by atoms with E-state index in [1.54, 1.807) is 0 Å². The summed E-state index contributed by atoms with van der Waals surface area (Å²) in [6.07, 6.45) is 11.0. The van der Waals surface area contributed by atoms with Crippen molar-refractivity contribution in [3.63, 3.8) is 0 Å². The van der Waals surface area contributed by atoms with E-state index in [2.05, 4.69) is 26.0 Å². The van der Waals surface area contributed by atoms with E-state index >= 15 is 0 Å². The summed E-state index contributed by atoms with van der Waals surface area (Å²) in [7, 11) is 0. The van der Waals surface area contributed by atoms with E-state index in [-0.39, 0.29) is 11.8 Å². The van der Waals surface area contributed by atoms with Crippen molar-refractivity contribution in [2.45, 2.75) is 31.7 Å². The van der Waals surface area contributed by atoms with Crippen molar-refractivity contribution in [1.29, 1.82) is 0 Å². The highest BCUT2D eigenvalue weighted by molar-refractivity contribution is 5.79. The number of piperidine rings is 2. The molecule has 0 aromatic carbocycles. The minimum atomic E-state index is 0.146. The Labute approximate surface area is 144 Å². The topological polar surface area (TPSA) is 48.5 Å². The molecule has 0 atom stereocenters. The van der Waals surface area contributed by atoms with E-state index in [0.29, 0.717) is 12.6 Å². The first-order valence-electron chi connectivity index (χ1n) is 8.88. The lowest BCUT2D eigenvalue weighted by Crippen LogP contribution is -2.48. The molecule has 1 amide bonds. The first-order chi connectivity index (χ1) is 11.8. The molecule has 0 aliphatic carbocycles. The van der Waals surface area contributed by atoms with Gasteiger partial charge >= 0.3 is 0 Å². The normalized spacial score (nSPS) is 20.5. The number of nitrogens with zero attached hydrogens (tertiary/aromatic N) is 3. The van der Waals surface area contributed by atoms with Crippen molar-refractivity contribution in [1.82, 2.24) is 15.2 Å². The maximum atomic E-state index is 12.5. The lowest BCUT2D eigenvalue weighted by atomic mass is 9.94. The molecule has 1 N–H and O–H groups in total. The summed E-state index contributed by atoms with van der Waals surface area (Å²) in [6.45, 7) is 4.45. The molecule has 24 heavy (non-hydrogen) atoms. The number of likely N-dealkylation sites (tertiary alicyclic amines) is 1. The Balaban J connectivity index is 1.42. The highest BCUT2D eigenvalue weighted by atomic mass is 16.1. The fourth-order valence-electron chi connectivity index (χ4n) is 3.60. The molecule has 128 valence electrons. The molecule has 3 rings (SSSR count). The van der Waals surface area contributed by atoms with Crippen LogP contribution in [0, 0.1) is 18.3 Å². The lowest BCUT2D eigenvalue weighted by Gasteiger charge is -2.35. The van der Waals surface area contributed by atoms with Crippen molar-refractivity contribution < 1.29 is 4.79 Å². The maximum absolute atomic E-state index is 12.5. The van der Waals surface area contributed by atoms with Crippen LogP contribution in [0.4, 0.5) is 5.82 Å². The van der Waals surface area contributed by atoms with Crippen LogP contribution in [-0.2, 0) is 4.79 Å². The van der Waals surface area contributed by atoms with Crippen molar-refractivity contribution in [2.75, 3.05) is 37.6 Å². The second-order valence-electron chi connectivity index (χ2n) is 6.71. The van der Waals surface area contributed by atoms with Gasteiger partial charge in [-0.25, -0.2) is 4.98 Å². The first-order valence-corrected chi connectivity index (χ1v) is 8.88. The number of nitrogens with one attached hydrogen (secondary N) is 1. The van der Waals surface area contributed by atoms with E-state index in [4.69, 9.17) is 6.42 Å². The molecule has 2 saturated heterocycles. The zero-order chi connectivity index (χ0) is 16.8. The summed E-state index contributed by atoms with van der Waals surface area (Å²) in [5.41, 5.74) is 0. The molecule has 3 heterocycles. The predicted molar refractivity (Wildman–Crippen MR) is 95.6 cm³/mol. The van der Waals surface area contributed by atoms with Gasteiger partial charge in [-0.2, -0.15) is 0 Å². The van der Waals surface area contributed by atoms with E-state index in [0.717, 1.165) is 57.7 Å². The Hall–Kier alpha value is -2.06. The lowest BCUT2D eigenvalue weighted by molar-refractivity contribution is -0.127. The maximum Gasteiger partial charge on any atom is 0.223 e. The molecular weight excluding hydrogens is 300 g/mol. The molecule has 1 aromatic rings. The number of terminal acetylenes is 1. The van der Waals surface area contributed by atoms with E-state index in [1.807, 2.05) is 24.4 Å². The van der Waals surface area contributed by atoms with Crippen LogP contribution < -0.4 is 10.2 Å². The molecular formula is C19H26N4O. The van der Waals surface area contributed by atoms with Crippen LogP contribution in [0.25, 0.3) is 0 Å².